The van der Waals surface area contributed by atoms with Gasteiger partial charge in [0.05, 0.1) is 7.11 Å². The third kappa shape index (κ3) is 3.13. The zero-order chi connectivity index (χ0) is 13.0. The fourth-order valence-corrected chi connectivity index (χ4v) is 5.09. The molecule has 2 atom stereocenters. The number of halogens is 1. The third-order valence-corrected chi connectivity index (χ3v) is 5.92. The molecule has 2 unspecified atom stereocenters. The van der Waals surface area contributed by atoms with Crippen molar-refractivity contribution in [3.63, 3.8) is 0 Å². The molecule has 0 amide bonds. The molecule has 0 aliphatic carbocycles. The van der Waals surface area contributed by atoms with Gasteiger partial charge in [-0.25, -0.2) is 4.39 Å². The van der Waals surface area contributed by atoms with Crippen molar-refractivity contribution in [1.29, 1.82) is 0 Å². The van der Waals surface area contributed by atoms with Crippen LogP contribution in [-0.2, 0) is 0 Å². The fraction of sp³-hybridized carbons (Fsp3) is 0.538. The van der Waals surface area contributed by atoms with E-state index in [9.17, 15) is 4.39 Å². The Hall–Kier alpha value is -0.390. The first-order chi connectivity index (χ1) is 8.76. The van der Waals surface area contributed by atoms with Gasteiger partial charge in [-0.3, -0.25) is 0 Å². The second-order valence-corrected chi connectivity index (χ2v) is 6.63. The van der Waals surface area contributed by atoms with Crippen LogP contribution in [-0.4, -0.2) is 36.7 Å². The van der Waals surface area contributed by atoms with Crippen LogP contribution in [0.3, 0.4) is 0 Å². The summed E-state index contributed by atoms with van der Waals surface area (Å²) in [7, 11) is 3.56. The van der Waals surface area contributed by atoms with Gasteiger partial charge in [-0.1, -0.05) is 0 Å². The van der Waals surface area contributed by atoms with E-state index in [0.29, 0.717) is 5.25 Å². The molecule has 2 rings (SSSR count). The van der Waals surface area contributed by atoms with Gasteiger partial charge >= 0.3 is 0 Å². The van der Waals surface area contributed by atoms with Crippen LogP contribution in [0.25, 0.3) is 0 Å². The van der Waals surface area contributed by atoms with Crippen molar-refractivity contribution in [2.75, 3.05) is 31.4 Å². The van der Waals surface area contributed by atoms with Crippen LogP contribution in [0.15, 0.2) is 18.2 Å². The van der Waals surface area contributed by atoms with Gasteiger partial charge in [0.25, 0.3) is 0 Å². The Morgan fingerprint density at radius 1 is 1.44 bits per heavy atom. The number of benzene rings is 1. The molecule has 0 aromatic heterocycles. The summed E-state index contributed by atoms with van der Waals surface area (Å²) in [4.78, 5) is 0. The van der Waals surface area contributed by atoms with Gasteiger partial charge in [0.2, 0.25) is 0 Å². The summed E-state index contributed by atoms with van der Waals surface area (Å²) < 4.78 is 18.8. The summed E-state index contributed by atoms with van der Waals surface area (Å²) in [6.07, 6.45) is 0. The Labute approximate surface area is 116 Å². The molecule has 1 saturated heterocycles. The van der Waals surface area contributed by atoms with E-state index in [1.165, 1.54) is 11.8 Å². The predicted molar refractivity (Wildman–Crippen MR) is 78.3 cm³/mol. The molecule has 0 radical (unpaired) electrons. The van der Waals surface area contributed by atoms with Crippen LogP contribution < -0.4 is 10.1 Å². The summed E-state index contributed by atoms with van der Waals surface area (Å²) in [5.41, 5.74) is 0.917. The number of hydrogen-bond donors (Lipinski definition) is 1. The monoisotopic (exact) mass is 287 g/mol. The van der Waals surface area contributed by atoms with Gasteiger partial charge in [0, 0.05) is 34.1 Å². The van der Waals surface area contributed by atoms with Crippen molar-refractivity contribution in [2.45, 2.75) is 11.3 Å². The summed E-state index contributed by atoms with van der Waals surface area (Å²) in [6.45, 7) is 0. The maximum atomic E-state index is 13.5. The van der Waals surface area contributed by atoms with E-state index < -0.39 is 0 Å². The van der Waals surface area contributed by atoms with Crippen LogP contribution in [0.2, 0.25) is 0 Å². The first kappa shape index (κ1) is 14.0. The minimum absolute atomic E-state index is 0.133. The van der Waals surface area contributed by atoms with Crippen LogP contribution in [0.5, 0.6) is 5.75 Å². The Bertz CT molecular complexity index is 397. The zero-order valence-corrected chi connectivity index (χ0v) is 12.2. The molecular formula is C13H18FNOS2. The molecular weight excluding hydrogens is 269 g/mol. The topological polar surface area (TPSA) is 21.3 Å². The fourth-order valence-electron chi connectivity index (χ4n) is 2.19. The maximum absolute atomic E-state index is 13.5. The quantitative estimate of drug-likeness (QED) is 0.919. The van der Waals surface area contributed by atoms with Crippen LogP contribution in [0.1, 0.15) is 11.6 Å². The van der Waals surface area contributed by atoms with Gasteiger partial charge in [-0.15, -0.1) is 0 Å². The molecule has 1 fully saturated rings. The summed E-state index contributed by atoms with van der Waals surface area (Å²) in [5, 5.41) is 3.77. The van der Waals surface area contributed by atoms with Gasteiger partial charge < -0.3 is 10.1 Å². The van der Waals surface area contributed by atoms with Crippen molar-refractivity contribution in [3.8, 4) is 5.75 Å². The van der Waals surface area contributed by atoms with Gasteiger partial charge in [-0.05, 0) is 25.2 Å². The number of nitrogens with one attached hydrogen (secondary N) is 1. The minimum atomic E-state index is -0.209. The smallest absolute Gasteiger partial charge is 0.123 e. The molecule has 100 valence electrons. The lowest BCUT2D eigenvalue weighted by Crippen LogP contribution is -2.31. The highest BCUT2D eigenvalue weighted by atomic mass is 32.2. The molecule has 2 nitrogen and oxygen atoms in total. The standard InChI is InChI=1S/C13H18FNOS2/c1-15-13(12-8-17-5-6-18-12)10-7-9(14)3-4-11(10)16-2/h3-4,7,12-13,15H,5-6,8H2,1-2H3. The lowest BCUT2D eigenvalue weighted by atomic mass is 10.0. The second kappa shape index (κ2) is 6.68. The molecule has 1 aliphatic heterocycles. The third-order valence-electron chi connectivity index (χ3n) is 3.05. The van der Waals surface area contributed by atoms with E-state index in [2.05, 4.69) is 5.32 Å². The Morgan fingerprint density at radius 2 is 2.28 bits per heavy atom. The SMILES string of the molecule is CNC(c1cc(F)ccc1OC)C1CSCCS1. The molecule has 5 heteroatoms. The Kier molecular flexibility index (Phi) is 5.21. The largest absolute Gasteiger partial charge is 0.496 e. The van der Waals surface area contributed by atoms with E-state index >= 15 is 0 Å². The van der Waals surface area contributed by atoms with Crippen LogP contribution >= 0.6 is 23.5 Å². The highest BCUT2D eigenvalue weighted by Crippen LogP contribution is 2.37. The summed E-state index contributed by atoms with van der Waals surface area (Å²) in [5.74, 6) is 4.00. The van der Waals surface area contributed by atoms with E-state index in [1.54, 1.807) is 19.2 Å². The average molecular weight is 287 g/mol. The first-order valence-corrected chi connectivity index (χ1v) is 8.16. The molecule has 1 heterocycles. The Balaban J connectivity index is 2.27. The van der Waals surface area contributed by atoms with Gasteiger partial charge in [0.15, 0.2) is 0 Å². The number of thioether (sulfide) groups is 2. The summed E-state index contributed by atoms with van der Waals surface area (Å²) in [6, 6.07) is 4.86. The number of ether oxygens (including phenoxy) is 1. The van der Waals surface area contributed by atoms with Crippen molar-refractivity contribution in [3.05, 3.63) is 29.6 Å². The first-order valence-electron chi connectivity index (χ1n) is 5.96. The van der Waals surface area contributed by atoms with Crippen molar-refractivity contribution in [2.24, 2.45) is 0 Å². The molecule has 0 saturated carbocycles. The number of methoxy groups -OCH3 is 1. The molecule has 0 spiro atoms. The minimum Gasteiger partial charge on any atom is -0.496 e. The highest BCUT2D eigenvalue weighted by Gasteiger charge is 2.27. The number of hydrogen-bond acceptors (Lipinski definition) is 4. The molecule has 18 heavy (non-hydrogen) atoms. The molecule has 1 aromatic carbocycles. The molecule has 1 aliphatic rings. The van der Waals surface area contributed by atoms with E-state index in [4.69, 9.17) is 4.74 Å². The van der Waals surface area contributed by atoms with Gasteiger partial charge in [-0.2, -0.15) is 23.5 Å². The summed E-state index contributed by atoms with van der Waals surface area (Å²) >= 11 is 3.92. The number of rotatable bonds is 4. The maximum Gasteiger partial charge on any atom is 0.123 e. The van der Waals surface area contributed by atoms with E-state index in [1.807, 2.05) is 30.6 Å². The lowest BCUT2D eigenvalue weighted by molar-refractivity contribution is 0.399. The predicted octanol–water partition coefficient (Wildman–Crippen LogP) is 2.94. The lowest BCUT2D eigenvalue weighted by Gasteiger charge is -2.30. The molecule has 1 N–H and O–H groups in total. The van der Waals surface area contributed by atoms with Crippen LogP contribution in [0, 0.1) is 5.82 Å². The van der Waals surface area contributed by atoms with Crippen molar-refractivity contribution >= 4 is 23.5 Å². The molecule has 0 bridgehead atoms. The zero-order valence-electron chi connectivity index (χ0n) is 10.6. The van der Waals surface area contributed by atoms with Crippen molar-refractivity contribution < 1.29 is 9.13 Å². The van der Waals surface area contributed by atoms with Crippen LogP contribution in [0.4, 0.5) is 4.39 Å². The highest BCUT2D eigenvalue weighted by molar-refractivity contribution is 8.06. The molecule has 1 aromatic rings. The normalized spacial score (nSPS) is 21.6. The Morgan fingerprint density at radius 3 is 2.89 bits per heavy atom. The second-order valence-electron chi connectivity index (χ2n) is 4.14. The van der Waals surface area contributed by atoms with Crippen molar-refractivity contribution in [1.82, 2.24) is 5.32 Å². The van der Waals surface area contributed by atoms with E-state index in [0.717, 1.165) is 22.8 Å². The average Bonchev–Trinajstić information content (AvgIpc) is 2.41. The van der Waals surface area contributed by atoms with Gasteiger partial charge in [0.1, 0.15) is 11.6 Å². The van der Waals surface area contributed by atoms with E-state index in [-0.39, 0.29) is 11.9 Å².